The van der Waals surface area contributed by atoms with E-state index in [1.807, 2.05) is 40.1 Å². The summed E-state index contributed by atoms with van der Waals surface area (Å²) in [7, 11) is 1.65. The van der Waals surface area contributed by atoms with Gasteiger partial charge in [-0.3, -0.25) is 4.79 Å². The lowest BCUT2D eigenvalue weighted by molar-refractivity contribution is -0.138. The van der Waals surface area contributed by atoms with Crippen LogP contribution in [0.15, 0.2) is 30.3 Å². The van der Waals surface area contributed by atoms with Crippen molar-refractivity contribution in [1.29, 1.82) is 0 Å². The van der Waals surface area contributed by atoms with Crippen molar-refractivity contribution in [2.75, 3.05) is 39.9 Å². The zero-order valence-electron chi connectivity index (χ0n) is 14.9. The predicted octanol–water partition coefficient (Wildman–Crippen LogP) is 1.86. The number of likely N-dealkylation sites (tertiary alicyclic amines) is 2. The quantitative estimate of drug-likeness (QED) is 0.886. The maximum Gasteiger partial charge on any atom is 0.317 e. The van der Waals surface area contributed by atoms with Gasteiger partial charge in [0.1, 0.15) is 0 Å². The second-order valence-corrected chi connectivity index (χ2v) is 6.98. The lowest BCUT2D eigenvalue weighted by atomic mass is 9.78. The fourth-order valence-corrected chi connectivity index (χ4v) is 3.88. The first-order chi connectivity index (χ1) is 12.1. The lowest BCUT2D eigenvalue weighted by Gasteiger charge is -2.39. The van der Waals surface area contributed by atoms with Crippen molar-refractivity contribution in [3.05, 3.63) is 35.9 Å². The fourth-order valence-electron chi connectivity index (χ4n) is 3.88. The molecule has 2 aliphatic heterocycles. The minimum atomic E-state index is -0.393. The van der Waals surface area contributed by atoms with Crippen LogP contribution in [0.4, 0.5) is 4.79 Å². The number of carbonyl (C=O) groups excluding carboxylic acids is 2. The average molecular weight is 345 g/mol. The largest absolute Gasteiger partial charge is 0.383 e. The number of benzene rings is 1. The van der Waals surface area contributed by atoms with Gasteiger partial charge in [-0.2, -0.15) is 0 Å². The molecule has 0 radical (unpaired) electrons. The van der Waals surface area contributed by atoms with Gasteiger partial charge in [-0.05, 0) is 24.8 Å². The molecule has 0 unspecified atom stereocenters. The molecule has 0 aromatic heterocycles. The first-order valence-electron chi connectivity index (χ1n) is 9.00. The number of methoxy groups -OCH3 is 1. The van der Waals surface area contributed by atoms with Gasteiger partial charge in [0.2, 0.25) is 5.91 Å². The highest BCUT2D eigenvalue weighted by Gasteiger charge is 2.49. The second-order valence-electron chi connectivity index (χ2n) is 6.98. The molecule has 6 nitrogen and oxygen atoms in total. The van der Waals surface area contributed by atoms with Crippen LogP contribution in [-0.2, 0) is 16.1 Å². The highest BCUT2D eigenvalue weighted by Crippen LogP contribution is 2.40. The summed E-state index contributed by atoms with van der Waals surface area (Å²) in [4.78, 5) is 29.1. The predicted molar refractivity (Wildman–Crippen MR) is 95.0 cm³/mol. The Hall–Kier alpha value is -2.08. The van der Waals surface area contributed by atoms with Gasteiger partial charge in [-0.1, -0.05) is 30.3 Å². The number of urea groups is 1. The summed E-state index contributed by atoms with van der Waals surface area (Å²) >= 11 is 0. The Morgan fingerprint density at radius 3 is 2.80 bits per heavy atom. The molecule has 0 bridgehead atoms. The van der Waals surface area contributed by atoms with E-state index >= 15 is 0 Å². The van der Waals surface area contributed by atoms with Crippen molar-refractivity contribution in [1.82, 2.24) is 15.1 Å². The maximum absolute atomic E-state index is 12.8. The van der Waals surface area contributed by atoms with E-state index in [4.69, 9.17) is 4.74 Å². The SMILES string of the molecule is COCCN1CC[C@@]2(CCCN(C(=O)NCc3ccccc3)C2)C1=O. The van der Waals surface area contributed by atoms with Crippen LogP contribution in [0.25, 0.3) is 0 Å². The van der Waals surface area contributed by atoms with E-state index in [0.29, 0.717) is 32.8 Å². The van der Waals surface area contributed by atoms with Crippen LogP contribution >= 0.6 is 0 Å². The number of hydrogen-bond donors (Lipinski definition) is 1. The molecule has 1 N–H and O–H groups in total. The van der Waals surface area contributed by atoms with Gasteiger partial charge in [-0.25, -0.2) is 4.79 Å². The molecule has 1 spiro atoms. The summed E-state index contributed by atoms with van der Waals surface area (Å²) in [5, 5.41) is 2.98. The molecule has 2 saturated heterocycles. The Morgan fingerprint density at radius 1 is 1.24 bits per heavy atom. The first-order valence-corrected chi connectivity index (χ1v) is 9.00. The fraction of sp³-hybridized carbons (Fsp3) is 0.579. The highest BCUT2D eigenvalue weighted by molar-refractivity contribution is 5.86. The third-order valence-corrected chi connectivity index (χ3v) is 5.32. The third kappa shape index (κ3) is 3.95. The molecule has 2 aliphatic rings. The van der Waals surface area contributed by atoms with Gasteiger partial charge < -0.3 is 19.9 Å². The Balaban J connectivity index is 1.57. The van der Waals surface area contributed by atoms with Gasteiger partial charge in [0.25, 0.3) is 0 Å². The molecule has 3 rings (SSSR count). The van der Waals surface area contributed by atoms with Gasteiger partial charge >= 0.3 is 6.03 Å². The summed E-state index contributed by atoms with van der Waals surface area (Å²) in [6.45, 7) is 3.71. The summed E-state index contributed by atoms with van der Waals surface area (Å²) in [5.74, 6) is 0.185. The van der Waals surface area contributed by atoms with Crippen LogP contribution in [0.1, 0.15) is 24.8 Å². The number of rotatable bonds is 5. The molecular formula is C19H27N3O3. The number of hydrogen-bond acceptors (Lipinski definition) is 3. The van der Waals surface area contributed by atoms with E-state index < -0.39 is 5.41 Å². The van der Waals surface area contributed by atoms with E-state index in [-0.39, 0.29) is 11.9 Å². The molecule has 2 heterocycles. The number of nitrogens with one attached hydrogen (secondary N) is 1. The zero-order valence-corrected chi connectivity index (χ0v) is 14.9. The average Bonchev–Trinajstić information content (AvgIpc) is 2.94. The van der Waals surface area contributed by atoms with Gasteiger partial charge in [0, 0.05) is 39.8 Å². The van der Waals surface area contributed by atoms with Crippen LogP contribution in [-0.4, -0.2) is 61.6 Å². The van der Waals surface area contributed by atoms with Crippen LogP contribution in [0.3, 0.4) is 0 Å². The highest BCUT2D eigenvalue weighted by atomic mass is 16.5. The Bertz CT molecular complexity index is 607. The number of nitrogens with zero attached hydrogens (tertiary/aromatic N) is 2. The summed E-state index contributed by atoms with van der Waals surface area (Å²) < 4.78 is 5.09. The van der Waals surface area contributed by atoms with E-state index in [0.717, 1.165) is 31.4 Å². The summed E-state index contributed by atoms with van der Waals surface area (Å²) in [6.07, 6.45) is 2.58. The minimum absolute atomic E-state index is 0.0777. The van der Waals surface area contributed by atoms with Crippen molar-refractivity contribution in [2.24, 2.45) is 5.41 Å². The minimum Gasteiger partial charge on any atom is -0.383 e. The van der Waals surface area contributed by atoms with Gasteiger partial charge in [0.15, 0.2) is 0 Å². The van der Waals surface area contributed by atoms with E-state index in [1.54, 1.807) is 7.11 Å². The second kappa shape index (κ2) is 7.87. The monoisotopic (exact) mass is 345 g/mol. The van der Waals surface area contributed by atoms with Crippen molar-refractivity contribution in [3.8, 4) is 0 Å². The number of amides is 3. The van der Waals surface area contributed by atoms with Gasteiger partial charge in [-0.15, -0.1) is 0 Å². The number of carbonyl (C=O) groups is 2. The first kappa shape index (κ1) is 17.7. The smallest absolute Gasteiger partial charge is 0.317 e. The third-order valence-electron chi connectivity index (χ3n) is 5.32. The topological polar surface area (TPSA) is 61.9 Å². The Labute approximate surface area is 149 Å². The van der Waals surface area contributed by atoms with E-state index in [1.165, 1.54) is 0 Å². The van der Waals surface area contributed by atoms with Gasteiger partial charge in [0.05, 0.1) is 12.0 Å². The molecule has 3 amide bonds. The molecule has 2 fully saturated rings. The molecule has 1 aromatic carbocycles. The van der Waals surface area contributed by atoms with Crippen molar-refractivity contribution >= 4 is 11.9 Å². The number of ether oxygens (including phenoxy) is 1. The summed E-state index contributed by atoms with van der Waals surface area (Å²) in [6, 6.07) is 9.79. The zero-order chi connectivity index (χ0) is 17.7. The molecule has 6 heteroatoms. The van der Waals surface area contributed by atoms with Crippen LogP contribution in [0.5, 0.6) is 0 Å². The molecule has 0 aliphatic carbocycles. The molecule has 1 aromatic rings. The van der Waals surface area contributed by atoms with Crippen LogP contribution in [0, 0.1) is 5.41 Å². The lowest BCUT2D eigenvalue weighted by Crippen LogP contribution is -2.52. The number of piperidine rings is 1. The Morgan fingerprint density at radius 2 is 2.04 bits per heavy atom. The van der Waals surface area contributed by atoms with Crippen LogP contribution < -0.4 is 5.32 Å². The van der Waals surface area contributed by atoms with E-state index in [9.17, 15) is 9.59 Å². The van der Waals surface area contributed by atoms with E-state index in [2.05, 4.69) is 5.32 Å². The standard InChI is InChI=1S/C19H27N3O3/c1-25-13-12-21-11-9-19(17(21)23)8-5-10-22(15-19)18(24)20-14-16-6-3-2-4-7-16/h2-4,6-7H,5,8-15H2,1H3,(H,20,24)/t19-/m1/s1. The maximum atomic E-state index is 12.8. The summed E-state index contributed by atoms with van der Waals surface area (Å²) in [5.41, 5.74) is 0.682. The van der Waals surface area contributed by atoms with Crippen molar-refractivity contribution in [3.63, 3.8) is 0 Å². The Kier molecular flexibility index (Phi) is 5.58. The normalized spacial score (nSPS) is 23.3. The van der Waals surface area contributed by atoms with Crippen LogP contribution in [0.2, 0.25) is 0 Å². The molecule has 1 atom stereocenters. The molecule has 136 valence electrons. The molecule has 25 heavy (non-hydrogen) atoms. The van der Waals surface area contributed by atoms with Crippen molar-refractivity contribution < 1.29 is 14.3 Å². The molecular weight excluding hydrogens is 318 g/mol. The van der Waals surface area contributed by atoms with Crippen molar-refractivity contribution in [2.45, 2.75) is 25.8 Å². The molecule has 0 saturated carbocycles.